The molecule has 12 heteroatoms. The standard InChI is InChI=1S/C34H39NO11/c1-6-23-10-12-24(13-11-23)14-25-15-26(16-29(28(25)17-35)45-27-8-7-9-27)34(40)33(44-22(5)39)32(43-21(4)38)31(42-20(3)37)30(46-34)18-41-19(2)36/h10-13,15-16,27,30-33,40H,6-9,14,18H2,1-5H3/t30-,31-,32+,33-,34-/m1/s1. The number of aryl methyl sites for hydroxylation is 1. The third-order valence-corrected chi connectivity index (χ3v) is 7.93. The maximum absolute atomic E-state index is 12.5. The second-order valence-electron chi connectivity index (χ2n) is 11.5. The lowest BCUT2D eigenvalue weighted by atomic mass is 9.85. The van der Waals surface area contributed by atoms with Crippen molar-refractivity contribution in [2.75, 3.05) is 6.61 Å². The number of rotatable bonds is 11. The van der Waals surface area contributed by atoms with Gasteiger partial charge in [0.25, 0.3) is 0 Å². The van der Waals surface area contributed by atoms with Gasteiger partial charge in [-0.1, -0.05) is 31.2 Å². The van der Waals surface area contributed by atoms with Crippen LogP contribution in [0.15, 0.2) is 36.4 Å². The van der Waals surface area contributed by atoms with E-state index in [0.29, 0.717) is 5.56 Å². The van der Waals surface area contributed by atoms with E-state index in [1.807, 2.05) is 31.2 Å². The Labute approximate surface area is 267 Å². The topological polar surface area (TPSA) is 168 Å². The minimum Gasteiger partial charge on any atom is -0.489 e. The smallest absolute Gasteiger partial charge is 0.303 e. The van der Waals surface area contributed by atoms with Crippen molar-refractivity contribution >= 4 is 23.9 Å². The van der Waals surface area contributed by atoms with Crippen molar-refractivity contribution in [3.05, 3.63) is 64.2 Å². The number of carbonyl (C=O) groups is 4. The van der Waals surface area contributed by atoms with Crippen LogP contribution in [0, 0.1) is 11.3 Å². The van der Waals surface area contributed by atoms with Crippen LogP contribution < -0.4 is 4.74 Å². The first kappa shape index (κ1) is 34.4. The molecule has 2 aromatic rings. The second kappa shape index (κ2) is 14.7. The van der Waals surface area contributed by atoms with E-state index in [9.17, 15) is 29.5 Å². The monoisotopic (exact) mass is 637 g/mol. The molecule has 0 unspecified atom stereocenters. The lowest BCUT2D eigenvalue weighted by Gasteiger charge is -2.48. The summed E-state index contributed by atoms with van der Waals surface area (Å²) in [5.74, 6) is -5.56. The van der Waals surface area contributed by atoms with Crippen molar-refractivity contribution in [3.8, 4) is 11.8 Å². The number of nitrogens with zero attached hydrogens (tertiary/aromatic N) is 1. The van der Waals surface area contributed by atoms with Gasteiger partial charge in [-0.05, 0) is 60.9 Å². The molecule has 0 radical (unpaired) electrons. The minimum absolute atomic E-state index is 0.0125. The van der Waals surface area contributed by atoms with Gasteiger partial charge in [0.1, 0.15) is 24.5 Å². The highest BCUT2D eigenvalue weighted by atomic mass is 16.7. The molecule has 2 aromatic carbocycles. The first-order valence-electron chi connectivity index (χ1n) is 15.2. The summed E-state index contributed by atoms with van der Waals surface area (Å²) in [4.78, 5) is 48.7. The third kappa shape index (κ3) is 8.02. The summed E-state index contributed by atoms with van der Waals surface area (Å²) >= 11 is 0. The first-order chi connectivity index (χ1) is 21.8. The number of nitriles is 1. The molecule has 0 aromatic heterocycles. The van der Waals surface area contributed by atoms with Gasteiger partial charge in [0.15, 0.2) is 12.2 Å². The fraction of sp³-hybridized carbons (Fsp3) is 0.500. The van der Waals surface area contributed by atoms with Gasteiger partial charge in [-0.25, -0.2) is 0 Å². The summed E-state index contributed by atoms with van der Waals surface area (Å²) < 4.78 is 34.1. The van der Waals surface area contributed by atoms with Gasteiger partial charge in [-0.3, -0.25) is 19.2 Å². The highest BCUT2D eigenvalue weighted by Gasteiger charge is 2.60. The van der Waals surface area contributed by atoms with Gasteiger partial charge < -0.3 is 33.5 Å². The zero-order chi connectivity index (χ0) is 33.6. The number of carbonyl (C=O) groups excluding carboxylic acids is 4. The van der Waals surface area contributed by atoms with Gasteiger partial charge in [-0.15, -0.1) is 0 Å². The molecule has 0 spiro atoms. The Morgan fingerprint density at radius 1 is 0.913 bits per heavy atom. The number of hydrogen-bond donors (Lipinski definition) is 1. The van der Waals surface area contributed by atoms with Crippen LogP contribution in [-0.4, -0.2) is 66.1 Å². The Balaban J connectivity index is 1.91. The second-order valence-corrected chi connectivity index (χ2v) is 11.5. The molecule has 1 N–H and O–H groups in total. The van der Waals surface area contributed by atoms with Crippen LogP contribution in [0.25, 0.3) is 0 Å². The summed E-state index contributed by atoms with van der Waals surface area (Å²) in [5, 5.41) is 22.7. The molecule has 5 atom stereocenters. The molecule has 0 bridgehead atoms. The molecule has 2 aliphatic rings. The molecule has 1 heterocycles. The van der Waals surface area contributed by atoms with Crippen LogP contribution in [0.3, 0.4) is 0 Å². The molecule has 1 saturated carbocycles. The van der Waals surface area contributed by atoms with Crippen molar-refractivity contribution in [3.63, 3.8) is 0 Å². The molecule has 1 saturated heterocycles. The van der Waals surface area contributed by atoms with E-state index in [2.05, 4.69) is 6.07 Å². The molecular weight excluding hydrogens is 598 g/mol. The highest BCUT2D eigenvalue weighted by molar-refractivity contribution is 5.69. The Morgan fingerprint density at radius 3 is 2.04 bits per heavy atom. The third-order valence-electron chi connectivity index (χ3n) is 7.93. The number of benzene rings is 2. The zero-order valence-corrected chi connectivity index (χ0v) is 26.6. The van der Waals surface area contributed by atoms with Gasteiger partial charge in [-0.2, -0.15) is 5.26 Å². The first-order valence-corrected chi connectivity index (χ1v) is 15.2. The van der Waals surface area contributed by atoms with Gasteiger partial charge in [0.2, 0.25) is 11.9 Å². The average molecular weight is 638 g/mol. The van der Waals surface area contributed by atoms with Crippen molar-refractivity contribution in [2.24, 2.45) is 0 Å². The van der Waals surface area contributed by atoms with E-state index in [-0.39, 0.29) is 29.4 Å². The SMILES string of the molecule is CCc1ccc(Cc2cc([C@@]3(O)O[C@H](COC(C)=O)[C@@H](OC(C)=O)[C@H](OC(C)=O)[C@H]3OC(C)=O)cc(OC3CCC3)c2C#N)cc1. The van der Waals surface area contributed by atoms with Crippen molar-refractivity contribution < 1.29 is 52.7 Å². The van der Waals surface area contributed by atoms with Crippen LogP contribution in [0.1, 0.15) is 81.7 Å². The van der Waals surface area contributed by atoms with Gasteiger partial charge >= 0.3 is 23.9 Å². The summed E-state index contributed by atoms with van der Waals surface area (Å²) in [6.45, 7) is 5.99. The predicted molar refractivity (Wildman–Crippen MR) is 160 cm³/mol. The lowest BCUT2D eigenvalue weighted by molar-refractivity contribution is -0.360. The fourth-order valence-corrected chi connectivity index (χ4v) is 5.53. The number of ether oxygens (including phenoxy) is 6. The Morgan fingerprint density at radius 2 is 1.52 bits per heavy atom. The zero-order valence-electron chi connectivity index (χ0n) is 26.6. The van der Waals surface area contributed by atoms with E-state index in [1.54, 1.807) is 0 Å². The normalized spacial score (nSPS) is 24.1. The van der Waals surface area contributed by atoms with E-state index >= 15 is 0 Å². The van der Waals surface area contributed by atoms with Crippen LogP contribution in [-0.2, 0) is 61.5 Å². The molecule has 0 amide bonds. The quantitative estimate of drug-likeness (QED) is 0.282. The van der Waals surface area contributed by atoms with E-state index < -0.39 is 60.7 Å². The van der Waals surface area contributed by atoms with Crippen molar-refractivity contribution in [2.45, 2.75) is 103 Å². The van der Waals surface area contributed by atoms with Crippen LogP contribution in [0.2, 0.25) is 0 Å². The molecule has 246 valence electrons. The maximum atomic E-state index is 12.5. The number of aliphatic hydroxyl groups is 1. The van der Waals surface area contributed by atoms with Crippen molar-refractivity contribution in [1.82, 2.24) is 0 Å². The van der Waals surface area contributed by atoms with E-state index in [4.69, 9.17) is 28.4 Å². The lowest BCUT2D eigenvalue weighted by Crippen LogP contribution is -2.66. The molecule has 2 fully saturated rings. The Hall–Kier alpha value is -4.47. The summed E-state index contributed by atoms with van der Waals surface area (Å²) in [6, 6.07) is 13.1. The minimum atomic E-state index is -2.57. The molecule has 1 aliphatic carbocycles. The molecule has 1 aliphatic heterocycles. The number of esters is 4. The molecule has 12 nitrogen and oxygen atoms in total. The maximum Gasteiger partial charge on any atom is 0.303 e. The molecular formula is C34H39NO11. The van der Waals surface area contributed by atoms with Crippen LogP contribution in [0.5, 0.6) is 5.75 Å². The fourth-order valence-electron chi connectivity index (χ4n) is 5.53. The van der Waals surface area contributed by atoms with Gasteiger partial charge in [0, 0.05) is 33.3 Å². The predicted octanol–water partition coefficient (Wildman–Crippen LogP) is 3.54. The number of hydrogen-bond acceptors (Lipinski definition) is 12. The van der Waals surface area contributed by atoms with Crippen molar-refractivity contribution in [1.29, 1.82) is 5.26 Å². The Bertz CT molecular complexity index is 1490. The highest BCUT2D eigenvalue weighted by Crippen LogP contribution is 2.43. The summed E-state index contributed by atoms with van der Waals surface area (Å²) in [6.07, 6.45) is -2.70. The summed E-state index contributed by atoms with van der Waals surface area (Å²) in [7, 11) is 0. The molecule has 4 rings (SSSR count). The van der Waals surface area contributed by atoms with E-state index in [0.717, 1.165) is 64.5 Å². The van der Waals surface area contributed by atoms with E-state index in [1.165, 1.54) is 12.1 Å². The largest absolute Gasteiger partial charge is 0.489 e. The van der Waals surface area contributed by atoms with Crippen LogP contribution >= 0.6 is 0 Å². The van der Waals surface area contributed by atoms with Crippen LogP contribution in [0.4, 0.5) is 0 Å². The Kier molecular flexibility index (Phi) is 11.0. The van der Waals surface area contributed by atoms with Gasteiger partial charge in [0.05, 0.1) is 11.7 Å². The molecule has 46 heavy (non-hydrogen) atoms. The summed E-state index contributed by atoms with van der Waals surface area (Å²) in [5.41, 5.74) is 2.77. The average Bonchev–Trinajstić information content (AvgIpc) is 2.97.